The number of halogens is 3. The zero-order valence-corrected chi connectivity index (χ0v) is 11.6. The fourth-order valence-electron chi connectivity index (χ4n) is 1.41. The van der Waals surface area contributed by atoms with Crippen LogP contribution in [0.25, 0.3) is 0 Å². The van der Waals surface area contributed by atoms with Gasteiger partial charge < -0.3 is 15.2 Å². The highest BCUT2D eigenvalue weighted by atomic mass is 32.1. The molecule has 0 unspecified atom stereocenters. The van der Waals surface area contributed by atoms with E-state index in [4.69, 9.17) is 27.4 Å². The second-order valence-corrected chi connectivity index (χ2v) is 4.64. The molecule has 0 radical (unpaired) electrons. The molecule has 1 aromatic carbocycles. The minimum atomic E-state index is -4.18. The normalized spacial score (nSPS) is 11.3. The van der Waals surface area contributed by atoms with E-state index in [-0.39, 0.29) is 19.8 Å². The van der Waals surface area contributed by atoms with E-state index in [1.165, 1.54) is 0 Å². The standard InChI is InChI=1S/C13H16F3NO2S/c14-13(15,16)5-6-18-7-8-19-11-3-1-10(2-4-11)9-12(17)20/h1-4H,5-9H2,(H2,17,20). The summed E-state index contributed by atoms with van der Waals surface area (Å²) in [4.78, 5) is 0.414. The van der Waals surface area contributed by atoms with Gasteiger partial charge in [0.15, 0.2) is 0 Å². The van der Waals surface area contributed by atoms with Gasteiger partial charge in [-0.3, -0.25) is 0 Å². The molecule has 0 fully saturated rings. The largest absolute Gasteiger partial charge is 0.491 e. The number of ether oxygens (including phenoxy) is 2. The number of alkyl halides is 3. The van der Waals surface area contributed by atoms with Crippen molar-refractivity contribution in [3.05, 3.63) is 29.8 Å². The van der Waals surface area contributed by atoms with Crippen LogP contribution in [-0.2, 0) is 11.2 Å². The molecule has 0 atom stereocenters. The summed E-state index contributed by atoms with van der Waals surface area (Å²) in [6, 6.07) is 7.17. The van der Waals surface area contributed by atoms with Gasteiger partial charge in [0, 0.05) is 6.42 Å². The molecule has 2 N–H and O–H groups in total. The lowest BCUT2D eigenvalue weighted by Gasteiger charge is -2.09. The Hall–Kier alpha value is -1.34. The van der Waals surface area contributed by atoms with Gasteiger partial charge in [-0.1, -0.05) is 24.4 Å². The SMILES string of the molecule is NC(=S)Cc1ccc(OCCOCCC(F)(F)F)cc1. The third kappa shape index (κ3) is 7.96. The van der Waals surface area contributed by atoms with Crippen molar-refractivity contribution >= 4 is 17.2 Å². The average Bonchev–Trinajstić information content (AvgIpc) is 2.33. The Kier molecular flexibility index (Phi) is 6.74. The Labute approximate surface area is 120 Å². The van der Waals surface area contributed by atoms with Crippen LogP contribution < -0.4 is 10.5 Å². The maximum atomic E-state index is 11.8. The van der Waals surface area contributed by atoms with Crippen molar-refractivity contribution in [1.29, 1.82) is 0 Å². The molecule has 0 spiro atoms. The minimum Gasteiger partial charge on any atom is -0.491 e. The van der Waals surface area contributed by atoms with Crippen LogP contribution >= 0.6 is 12.2 Å². The summed E-state index contributed by atoms with van der Waals surface area (Å²) >= 11 is 4.80. The summed E-state index contributed by atoms with van der Waals surface area (Å²) in [7, 11) is 0. The van der Waals surface area contributed by atoms with Crippen molar-refractivity contribution in [3.63, 3.8) is 0 Å². The second kappa shape index (κ2) is 8.06. The molecule has 0 aliphatic carbocycles. The zero-order chi connectivity index (χ0) is 15.0. The van der Waals surface area contributed by atoms with Gasteiger partial charge in [-0.05, 0) is 17.7 Å². The summed E-state index contributed by atoms with van der Waals surface area (Å²) in [5.74, 6) is 0.621. The van der Waals surface area contributed by atoms with Gasteiger partial charge in [0.25, 0.3) is 0 Å². The summed E-state index contributed by atoms with van der Waals surface area (Å²) in [6.45, 7) is -0.0308. The number of hydrogen-bond donors (Lipinski definition) is 1. The molecule has 112 valence electrons. The number of hydrogen-bond acceptors (Lipinski definition) is 3. The van der Waals surface area contributed by atoms with Crippen LogP contribution in [0.5, 0.6) is 5.75 Å². The van der Waals surface area contributed by atoms with Crippen molar-refractivity contribution in [3.8, 4) is 5.75 Å². The van der Waals surface area contributed by atoms with Crippen LogP contribution in [0.15, 0.2) is 24.3 Å². The summed E-state index contributed by atoms with van der Waals surface area (Å²) < 4.78 is 45.6. The maximum Gasteiger partial charge on any atom is 0.391 e. The lowest BCUT2D eigenvalue weighted by atomic mass is 10.1. The van der Waals surface area contributed by atoms with Crippen LogP contribution in [0, 0.1) is 0 Å². The van der Waals surface area contributed by atoms with Crippen molar-refractivity contribution in [2.45, 2.75) is 19.0 Å². The van der Waals surface area contributed by atoms with Crippen LogP contribution in [0.4, 0.5) is 13.2 Å². The van der Waals surface area contributed by atoms with E-state index in [1.807, 2.05) is 12.1 Å². The van der Waals surface area contributed by atoms with E-state index in [9.17, 15) is 13.2 Å². The monoisotopic (exact) mass is 307 g/mol. The Bertz CT molecular complexity index is 421. The van der Waals surface area contributed by atoms with Gasteiger partial charge in [0.2, 0.25) is 0 Å². The molecule has 0 saturated carbocycles. The van der Waals surface area contributed by atoms with E-state index >= 15 is 0 Å². The molecule has 3 nitrogen and oxygen atoms in total. The third-order valence-electron chi connectivity index (χ3n) is 2.33. The molecule has 0 amide bonds. The van der Waals surface area contributed by atoms with Gasteiger partial charge >= 0.3 is 6.18 Å². The molecule has 0 heterocycles. The maximum absolute atomic E-state index is 11.8. The lowest BCUT2D eigenvalue weighted by Crippen LogP contribution is -2.14. The molecule has 7 heteroatoms. The van der Waals surface area contributed by atoms with Gasteiger partial charge in [0.05, 0.1) is 24.6 Å². The van der Waals surface area contributed by atoms with Crippen LogP contribution in [0.1, 0.15) is 12.0 Å². The molecule has 0 aliphatic rings. The van der Waals surface area contributed by atoms with Crippen LogP contribution in [0.2, 0.25) is 0 Å². The molecular weight excluding hydrogens is 291 g/mol. The summed E-state index contributed by atoms with van der Waals surface area (Å²) in [6.07, 6.45) is -4.60. The smallest absolute Gasteiger partial charge is 0.391 e. The highest BCUT2D eigenvalue weighted by Gasteiger charge is 2.26. The Balaban J connectivity index is 2.17. The summed E-state index contributed by atoms with van der Waals surface area (Å²) in [5, 5.41) is 0. The number of benzene rings is 1. The quantitative estimate of drug-likeness (QED) is 0.592. The first-order valence-electron chi connectivity index (χ1n) is 6.01. The molecule has 0 saturated heterocycles. The molecule has 1 aromatic rings. The number of nitrogens with two attached hydrogens (primary N) is 1. The van der Waals surface area contributed by atoms with E-state index in [0.717, 1.165) is 5.56 Å². The molecule has 0 aromatic heterocycles. The number of thiocarbonyl (C=S) groups is 1. The highest BCUT2D eigenvalue weighted by molar-refractivity contribution is 7.80. The van der Waals surface area contributed by atoms with Crippen molar-refractivity contribution in [1.82, 2.24) is 0 Å². The van der Waals surface area contributed by atoms with Crippen LogP contribution in [-0.4, -0.2) is 31.0 Å². The highest BCUT2D eigenvalue weighted by Crippen LogP contribution is 2.19. The van der Waals surface area contributed by atoms with Crippen molar-refractivity contribution in [2.24, 2.45) is 5.73 Å². The van der Waals surface area contributed by atoms with Gasteiger partial charge in [-0.2, -0.15) is 13.2 Å². The Morgan fingerprint density at radius 2 is 1.75 bits per heavy atom. The molecule has 1 rings (SSSR count). The van der Waals surface area contributed by atoms with Crippen molar-refractivity contribution in [2.75, 3.05) is 19.8 Å². The lowest BCUT2D eigenvalue weighted by molar-refractivity contribution is -0.145. The third-order valence-corrected chi connectivity index (χ3v) is 2.47. The van der Waals surface area contributed by atoms with Gasteiger partial charge in [-0.25, -0.2) is 0 Å². The zero-order valence-electron chi connectivity index (χ0n) is 10.8. The van der Waals surface area contributed by atoms with Gasteiger partial charge in [-0.15, -0.1) is 0 Å². The average molecular weight is 307 g/mol. The second-order valence-electron chi connectivity index (χ2n) is 4.11. The predicted octanol–water partition coefficient (Wildman–Crippen LogP) is 2.86. The first kappa shape index (κ1) is 16.7. The predicted molar refractivity (Wildman–Crippen MR) is 73.9 cm³/mol. The van der Waals surface area contributed by atoms with E-state index in [1.54, 1.807) is 12.1 Å². The van der Waals surface area contributed by atoms with E-state index < -0.39 is 12.6 Å². The summed E-state index contributed by atoms with van der Waals surface area (Å²) in [5.41, 5.74) is 6.40. The molecule has 20 heavy (non-hydrogen) atoms. The van der Waals surface area contributed by atoms with Gasteiger partial charge in [0.1, 0.15) is 12.4 Å². The topological polar surface area (TPSA) is 44.5 Å². The Morgan fingerprint density at radius 3 is 2.30 bits per heavy atom. The first-order valence-corrected chi connectivity index (χ1v) is 6.42. The fraction of sp³-hybridized carbons (Fsp3) is 0.462. The number of rotatable bonds is 8. The molecule has 0 bridgehead atoms. The minimum absolute atomic E-state index is 0.116. The molecule has 0 aliphatic heterocycles. The van der Waals surface area contributed by atoms with Crippen LogP contribution in [0.3, 0.4) is 0 Å². The van der Waals surface area contributed by atoms with Crippen molar-refractivity contribution < 1.29 is 22.6 Å². The fourth-order valence-corrected chi connectivity index (χ4v) is 1.58. The van der Waals surface area contributed by atoms with E-state index in [2.05, 4.69) is 0 Å². The first-order chi connectivity index (χ1) is 9.37. The van der Waals surface area contributed by atoms with E-state index in [0.29, 0.717) is 17.2 Å². The Morgan fingerprint density at radius 1 is 1.10 bits per heavy atom. The molecular formula is C13H16F3NO2S.